The Kier molecular flexibility index (Phi) is 5.19. The van der Waals surface area contributed by atoms with Crippen LogP contribution in [0.25, 0.3) is 0 Å². The quantitative estimate of drug-likeness (QED) is 0.816. The van der Waals surface area contributed by atoms with Gasteiger partial charge in [-0.05, 0) is 17.7 Å². The van der Waals surface area contributed by atoms with Gasteiger partial charge in [0.2, 0.25) is 0 Å². The number of ketones is 1. The minimum absolute atomic E-state index is 0.0829. The first-order valence-electron chi connectivity index (χ1n) is 6.38. The monoisotopic (exact) mass is 338 g/mol. The van der Waals surface area contributed by atoms with Crippen molar-refractivity contribution in [3.63, 3.8) is 0 Å². The lowest BCUT2D eigenvalue weighted by molar-refractivity contribution is 0.0696. The molecular weight excluding hydrogens is 327 g/mol. The molecular formula is C16H12Cl2O4. The number of carbonyl (C=O) groups is 2. The third-order valence-corrected chi connectivity index (χ3v) is 4.16. The van der Waals surface area contributed by atoms with Crippen molar-refractivity contribution in [2.75, 3.05) is 6.61 Å². The second kappa shape index (κ2) is 6.92. The van der Waals surface area contributed by atoms with Crippen LogP contribution in [0.1, 0.15) is 32.2 Å². The number of aromatic carboxylic acids is 1. The summed E-state index contributed by atoms with van der Waals surface area (Å²) in [7, 11) is 0. The van der Waals surface area contributed by atoms with E-state index in [0.717, 1.165) is 0 Å². The topological polar surface area (TPSA) is 74.6 Å². The smallest absolute Gasteiger partial charge is 0.337 e. The highest BCUT2D eigenvalue weighted by Gasteiger charge is 2.25. The average molecular weight is 339 g/mol. The number of halogens is 2. The number of hydrogen-bond donors (Lipinski definition) is 2. The van der Waals surface area contributed by atoms with Crippen LogP contribution >= 0.6 is 23.2 Å². The van der Waals surface area contributed by atoms with Gasteiger partial charge in [0.1, 0.15) is 0 Å². The Balaban J connectivity index is 2.45. The Morgan fingerprint density at radius 3 is 2.05 bits per heavy atom. The van der Waals surface area contributed by atoms with Gasteiger partial charge in [-0.3, -0.25) is 4.79 Å². The van der Waals surface area contributed by atoms with Gasteiger partial charge in [0, 0.05) is 5.56 Å². The van der Waals surface area contributed by atoms with E-state index in [1.807, 2.05) is 0 Å². The molecule has 6 heteroatoms. The summed E-state index contributed by atoms with van der Waals surface area (Å²) in [4.78, 5) is 23.6. The zero-order chi connectivity index (χ0) is 16.3. The zero-order valence-corrected chi connectivity index (χ0v) is 12.8. The fourth-order valence-corrected chi connectivity index (χ4v) is 2.62. The molecule has 2 aromatic carbocycles. The summed E-state index contributed by atoms with van der Waals surface area (Å²) in [5.41, 5.74) is 0.549. The summed E-state index contributed by atoms with van der Waals surface area (Å²) in [5.74, 6) is -2.43. The number of Topliss-reactive ketones (excluding diaryl/α,β-unsaturated/α-hetero) is 1. The Labute approximate surface area is 136 Å². The van der Waals surface area contributed by atoms with Crippen LogP contribution in [0.5, 0.6) is 0 Å². The first-order valence-corrected chi connectivity index (χ1v) is 7.14. The molecule has 0 spiro atoms. The lowest BCUT2D eigenvalue weighted by atomic mass is 9.91. The molecule has 2 N–H and O–H groups in total. The summed E-state index contributed by atoms with van der Waals surface area (Å²) >= 11 is 11.9. The van der Waals surface area contributed by atoms with Crippen molar-refractivity contribution in [1.29, 1.82) is 0 Å². The van der Waals surface area contributed by atoms with E-state index in [1.54, 1.807) is 30.3 Å². The van der Waals surface area contributed by atoms with Gasteiger partial charge in [-0.2, -0.15) is 0 Å². The van der Waals surface area contributed by atoms with Crippen molar-refractivity contribution in [1.82, 2.24) is 0 Å². The van der Waals surface area contributed by atoms with Gasteiger partial charge >= 0.3 is 5.97 Å². The Morgan fingerprint density at radius 2 is 1.50 bits per heavy atom. The Bertz CT molecular complexity index is 714. The summed E-state index contributed by atoms with van der Waals surface area (Å²) in [5, 5.41) is 18.2. The van der Waals surface area contributed by atoms with Crippen LogP contribution in [-0.2, 0) is 0 Å². The summed E-state index contributed by atoms with van der Waals surface area (Å²) in [6.45, 7) is -0.391. The molecule has 4 nitrogen and oxygen atoms in total. The first-order chi connectivity index (χ1) is 10.5. The molecule has 1 unspecified atom stereocenters. The number of aliphatic hydroxyl groups is 1. The van der Waals surface area contributed by atoms with Crippen molar-refractivity contribution >= 4 is 35.0 Å². The molecule has 0 bridgehead atoms. The minimum atomic E-state index is -1.23. The number of carbonyl (C=O) groups excluding carboxylic acids is 1. The van der Waals surface area contributed by atoms with Gasteiger partial charge in [-0.25, -0.2) is 4.79 Å². The maximum Gasteiger partial charge on any atom is 0.337 e. The highest BCUT2D eigenvalue weighted by molar-refractivity contribution is 6.45. The average Bonchev–Trinajstić information content (AvgIpc) is 2.51. The molecule has 0 aliphatic carbocycles. The van der Waals surface area contributed by atoms with Crippen LogP contribution in [0.4, 0.5) is 0 Å². The molecule has 0 aromatic heterocycles. The number of rotatable bonds is 5. The third kappa shape index (κ3) is 3.14. The molecule has 114 valence electrons. The number of benzene rings is 2. The second-order valence-corrected chi connectivity index (χ2v) is 5.36. The van der Waals surface area contributed by atoms with Crippen LogP contribution in [0.15, 0.2) is 42.5 Å². The number of carboxylic acid groups (broad SMARTS) is 1. The molecule has 0 fully saturated rings. The fourth-order valence-electron chi connectivity index (χ4n) is 2.12. The van der Waals surface area contributed by atoms with Crippen LogP contribution in [-0.4, -0.2) is 28.6 Å². The van der Waals surface area contributed by atoms with E-state index in [1.165, 1.54) is 12.1 Å². The van der Waals surface area contributed by atoms with Crippen molar-refractivity contribution in [2.24, 2.45) is 0 Å². The van der Waals surface area contributed by atoms with E-state index in [4.69, 9.17) is 28.3 Å². The SMILES string of the molecule is O=C(O)c1ccc(C(=O)C(CO)c2ccccc2)c(Cl)c1Cl. The van der Waals surface area contributed by atoms with Crippen LogP contribution in [0, 0.1) is 0 Å². The van der Waals surface area contributed by atoms with Gasteiger partial charge in [0.25, 0.3) is 0 Å². The van der Waals surface area contributed by atoms with Gasteiger partial charge in [0.15, 0.2) is 5.78 Å². The fraction of sp³-hybridized carbons (Fsp3) is 0.125. The normalized spacial score (nSPS) is 12.0. The summed E-state index contributed by atoms with van der Waals surface area (Å²) < 4.78 is 0. The van der Waals surface area contributed by atoms with E-state index < -0.39 is 24.3 Å². The molecule has 0 heterocycles. The van der Waals surface area contributed by atoms with Crippen molar-refractivity contribution in [3.8, 4) is 0 Å². The molecule has 2 aromatic rings. The number of aliphatic hydroxyl groups excluding tert-OH is 1. The van der Waals surface area contributed by atoms with Crippen LogP contribution < -0.4 is 0 Å². The predicted molar refractivity (Wildman–Crippen MR) is 84.0 cm³/mol. The Hall–Kier alpha value is -1.88. The highest BCUT2D eigenvalue weighted by atomic mass is 35.5. The van der Waals surface area contributed by atoms with Gasteiger partial charge in [0.05, 0.1) is 28.1 Å². The summed E-state index contributed by atoms with van der Waals surface area (Å²) in [6.07, 6.45) is 0. The van der Waals surface area contributed by atoms with Crippen molar-refractivity contribution in [3.05, 3.63) is 69.2 Å². The third-order valence-electron chi connectivity index (χ3n) is 3.28. The molecule has 0 radical (unpaired) electrons. The minimum Gasteiger partial charge on any atom is -0.478 e. The van der Waals surface area contributed by atoms with E-state index in [0.29, 0.717) is 5.56 Å². The van der Waals surface area contributed by atoms with Gasteiger partial charge in [-0.1, -0.05) is 53.5 Å². The second-order valence-electron chi connectivity index (χ2n) is 4.60. The largest absolute Gasteiger partial charge is 0.478 e. The number of hydrogen-bond acceptors (Lipinski definition) is 3. The van der Waals surface area contributed by atoms with Gasteiger partial charge < -0.3 is 10.2 Å². The van der Waals surface area contributed by atoms with Crippen molar-refractivity contribution < 1.29 is 19.8 Å². The standard InChI is InChI=1S/C16H12Cl2O4/c17-13-10(6-7-11(14(13)18)16(21)22)15(20)12(8-19)9-4-2-1-3-5-9/h1-7,12,19H,8H2,(H,21,22). The van der Waals surface area contributed by atoms with Crippen LogP contribution in [0.2, 0.25) is 10.0 Å². The number of carboxylic acids is 1. The van der Waals surface area contributed by atoms with E-state index >= 15 is 0 Å². The summed E-state index contributed by atoms with van der Waals surface area (Å²) in [6, 6.07) is 11.3. The van der Waals surface area contributed by atoms with Gasteiger partial charge in [-0.15, -0.1) is 0 Å². The molecule has 0 aliphatic rings. The van der Waals surface area contributed by atoms with E-state index in [9.17, 15) is 14.7 Å². The lowest BCUT2D eigenvalue weighted by Gasteiger charge is -2.15. The van der Waals surface area contributed by atoms with Crippen molar-refractivity contribution in [2.45, 2.75) is 5.92 Å². The lowest BCUT2D eigenvalue weighted by Crippen LogP contribution is -2.17. The van der Waals surface area contributed by atoms with Crippen LogP contribution in [0.3, 0.4) is 0 Å². The molecule has 1 atom stereocenters. The molecule has 0 amide bonds. The highest BCUT2D eigenvalue weighted by Crippen LogP contribution is 2.32. The molecule has 0 saturated carbocycles. The Morgan fingerprint density at radius 1 is 0.955 bits per heavy atom. The molecule has 0 aliphatic heterocycles. The maximum absolute atomic E-state index is 12.6. The zero-order valence-electron chi connectivity index (χ0n) is 11.3. The predicted octanol–water partition coefficient (Wildman–Crippen LogP) is 3.65. The molecule has 0 saturated heterocycles. The maximum atomic E-state index is 12.6. The van der Waals surface area contributed by atoms with E-state index in [2.05, 4.69) is 0 Å². The molecule has 22 heavy (non-hydrogen) atoms. The first kappa shape index (κ1) is 16.5. The molecule has 2 rings (SSSR count). The van der Waals surface area contributed by atoms with E-state index in [-0.39, 0.29) is 21.2 Å².